The van der Waals surface area contributed by atoms with Crippen LogP contribution in [-0.2, 0) is 14.2 Å². The second kappa shape index (κ2) is 43.7. The number of unbranched alkanes of at least 4 members (excludes halogenated alkanes) is 31. The number of thioether (sulfide) groups is 1. The molecule has 58 heavy (non-hydrogen) atoms. The second-order valence-electron chi connectivity index (χ2n) is 17.7. The Morgan fingerprint density at radius 3 is 1.34 bits per heavy atom. The Labute approximate surface area is 365 Å². The van der Waals surface area contributed by atoms with E-state index in [0.29, 0.717) is 13.2 Å². The average molecular weight is 839 g/mol. The number of methoxy groups -OCH3 is 1. The highest BCUT2D eigenvalue weighted by molar-refractivity contribution is 8.14. The monoisotopic (exact) mass is 839 g/mol. The van der Waals surface area contributed by atoms with Gasteiger partial charge in [0.15, 0.2) is 0 Å². The van der Waals surface area contributed by atoms with Crippen molar-refractivity contribution in [3.8, 4) is 0 Å². The maximum Gasteiger partial charge on any atom is 0.407 e. The van der Waals surface area contributed by atoms with Gasteiger partial charge in [-0.1, -0.05) is 231 Å². The summed E-state index contributed by atoms with van der Waals surface area (Å²) in [4.78, 5) is 25.6. The first-order valence-electron chi connectivity index (χ1n) is 24.9. The molecule has 8 heteroatoms. The third-order valence-corrected chi connectivity index (χ3v) is 12.5. The zero-order valence-corrected chi connectivity index (χ0v) is 40.3. The Hall–Kier alpha value is -1.41. The van der Waals surface area contributed by atoms with Gasteiger partial charge in [-0.25, -0.2) is 4.79 Å². The van der Waals surface area contributed by atoms with E-state index in [2.05, 4.69) is 24.5 Å². The average Bonchev–Trinajstić information content (AvgIpc) is 3.21. The Kier molecular flexibility index (Phi) is 42.6. The van der Waals surface area contributed by atoms with E-state index >= 15 is 0 Å². The van der Waals surface area contributed by atoms with Gasteiger partial charge in [0.25, 0.3) is 5.24 Å². The Morgan fingerprint density at radius 1 is 0.569 bits per heavy atom. The summed E-state index contributed by atoms with van der Waals surface area (Å²) < 4.78 is 16.5. The fourth-order valence-corrected chi connectivity index (χ4v) is 8.29. The molecule has 0 aromatic rings. The van der Waals surface area contributed by atoms with Crippen molar-refractivity contribution in [3.63, 3.8) is 0 Å². The summed E-state index contributed by atoms with van der Waals surface area (Å²) in [6, 6.07) is 0. The fourth-order valence-electron chi connectivity index (χ4n) is 7.35. The number of hydrogen-bond donors (Lipinski definition) is 2. The van der Waals surface area contributed by atoms with Crippen molar-refractivity contribution in [1.29, 1.82) is 0 Å². The van der Waals surface area contributed by atoms with Crippen LogP contribution in [-0.4, -0.2) is 55.6 Å². The number of amides is 2. The number of carbonyl (C=O) groups is 2. The number of carbonyl (C=O) groups excluding carboxylic acids is 2. The van der Waals surface area contributed by atoms with Gasteiger partial charge >= 0.3 is 6.09 Å². The van der Waals surface area contributed by atoms with Crippen molar-refractivity contribution < 1.29 is 23.8 Å². The number of alkyl carbamates (subject to hydrolysis) is 1. The van der Waals surface area contributed by atoms with Gasteiger partial charge in [0.1, 0.15) is 6.61 Å². The number of nitrogens with one attached hydrogen (secondary N) is 2. The van der Waals surface area contributed by atoms with Crippen LogP contribution in [0.1, 0.15) is 253 Å². The molecule has 0 rings (SSSR count). The Balaban J connectivity index is 4.31. The minimum Gasteiger partial charge on any atom is -0.502 e. The van der Waals surface area contributed by atoms with Crippen molar-refractivity contribution in [1.82, 2.24) is 10.6 Å². The van der Waals surface area contributed by atoms with Crippen LogP contribution in [0.3, 0.4) is 0 Å². The van der Waals surface area contributed by atoms with E-state index in [4.69, 9.17) is 14.2 Å². The minimum atomic E-state index is -0.629. The van der Waals surface area contributed by atoms with Crippen LogP contribution in [0.25, 0.3) is 0 Å². The van der Waals surface area contributed by atoms with E-state index < -0.39 is 11.7 Å². The van der Waals surface area contributed by atoms with Crippen LogP contribution in [0.4, 0.5) is 9.59 Å². The molecule has 0 saturated heterocycles. The van der Waals surface area contributed by atoms with E-state index in [0.717, 1.165) is 31.6 Å². The van der Waals surface area contributed by atoms with Crippen molar-refractivity contribution >= 4 is 23.1 Å². The van der Waals surface area contributed by atoms with Crippen molar-refractivity contribution in [3.05, 3.63) is 11.8 Å². The van der Waals surface area contributed by atoms with Gasteiger partial charge in [-0.3, -0.25) is 4.79 Å². The van der Waals surface area contributed by atoms with Gasteiger partial charge < -0.3 is 24.8 Å². The molecule has 1 atom stereocenters. The summed E-state index contributed by atoms with van der Waals surface area (Å²) in [5.41, 5.74) is -0.629. The molecule has 0 aromatic carbocycles. The highest BCUT2D eigenvalue weighted by Gasteiger charge is 2.22. The van der Waals surface area contributed by atoms with E-state index in [1.54, 1.807) is 7.11 Å². The van der Waals surface area contributed by atoms with Gasteiger partial charge in [0.05, 0.1) is 25.1 Å². The Bertz CT molecular complexity index is 930. The molecule has 0 fully saturated rings. The molecule has 0 aliphatic carbocycles. The molecule has 0 saturated carbocycles. The maximum atomic E-state index is 12.9. The summed E-state index contributed by atoms with van der Waals surface area (Å²) in [6.45, 7) is 11.9. The molecule has 0 bridgehead atoms. The predicted octanol–water partition coefficient (Wildman–Crippen LogP) is 16.2. The normalized spacial score (nSPS) is 12.5. The number of allylic oxidation sites excluding steroid dienone is 1. The number of rotatable bonds is 44. The van der Waals surface area contributed by atoms with E-state index in [1.165, 1.54) is 211 Å². The lowest BCUT2D eigenvalue weighted by Crippen LogP contribution is -2.37. The van der Waals surface area contributed by atoms with E-state index in [-0.39, 0.29) is 17.1 Å². The summed E-state index contributed by atoms with van der Waals surface area (Å²) in [5.74, 6) is 0.784. The van der Waals surface area contributed by atoms with Gasteiger partial charge in [-0.05, 0) is 39.7 Å². The van der Waals surface area contributed by atoms with Gasteiger partial charge in [0, 0.05) is 18.3 Å². The highest BCUT2D eigenvalue weighted by Crippen LogP contribution is 2.21. The van der Waals surface area contributed by atoms with Crippen molar-refractivity contribution in [2.45, 2.75) is 264 Å². The summed E-state index contributed by atoms with van der Waals surface area (Å²) >= 11 is 1.34. The highest BCUT2D eigenvalue weighted by atomic mass is 32.2. The van der Waals surface area contributed by atoms with Crippen molar-refractivity contribution in [2.24, 2.45) is 0 Å². The zero-order chi connectivity index (χ0) is 42.6. The number of hydrogen-bond acceptors (Lipinski definition) is 6. The second-order valence-corrected chi connectivity index (χ2v) is 19.0. The molecule has 0 aromatic heterocycles. The van der Waals surface area contributed by atoms with Gasteiger partial charge in [-0.2, -0.15) is 0 Å². The molecule has 0 aliphatic rings. The van der Waals surface area contributed by atoms with Crippen LogP contribution in [0.15, 0.2) is 11.8 Å². The SMILES string of the molecule is CCCCCCCCCCCCCCCCCCCC(CNC(=O)OCC(C)(C)OC/C=C(/C)OC)SC(=O)NCCCCCCCCCCCCCCCCCC. The van der Waals surface area contributed by atoms with Crippen molar-refractivity contribution in [2.75, 3.05) is 33.4 Å². The third kappa shape index (κ3) is 42.7. The molecule has 7 nitrogen and oxygen atoms in total. The van der Waals surface area contributed by atoms with E-state index in [9.17, 15) is 9.59 Å². The van der Waals surface area contributed by atoms with Crippen LogP contribution in [0.5, 0.6) is 0 Å². The lowest BCUT2D eigenvalue weighted by molar-refractivity contribution is -0.0458. The summed E-state index contributed by atoms with van der Waals surface area (Å²) in [6.07, 6.45) is 46.7. The molecular formula is C50H98N2O5S. The molecule has 1 unspecified atom stereocenters. The minimum absolute atomic E-state index is 0.0149. The van der Waals surface area contributed by atoms with E-state index in [1.807, 2.05) is 26.8 Å². The molecule has 2 N–H and O–H groups in total. The third-order valence-electron chi connectivity index (χ3n) is 11.4. The topological polar surface area (TPSA) is 85.9 Å². The molecule has 0 heterocycles. The van der Waals surface area contributed by atoms with Gasteiger partial charge in [0.2, 0.25) is 0 Å². The Morgan fingerprint density at radius 2 is 0.948 bits per heavy atom. The molecule has 0 aliphatic heterocycles. The first-order valence-corrected chi connectivity index (χ1v) is 25.8. The van der Waals surface area contributed by atoms with Gasteiger partial charge in [-0.15, -0.1) is 0 Å². The molecule has 344 valence electrons. The first-order chi connectivity index (χ1) is 28.2. The van der Waals surface area contributed by atoms with Crippen LogP contribution >= 0.6 is 11.8 Å². The summed E-state index contributed by atoms with van der Waals surface area (Å²) in [5, 5.41) is 6.09. The molecule has 0 radical (unpaired) electrons. The molecular weight excluding hydrogens is 741 g/mol. The maximum absolute atomic E-state index is 12.9. The lowest BCUT2D eigenvalue weighted by atomic mass is 10.0. The fraction of sp³-hybridized carbons (Fsp3) is 0.920. The lowest BCUT2D eigenvalue weighted by Gasteiger charge is -2.24. The van der Waals surface area contributed by atoms with Crippen LogP contribution in [0.2, 0.25) is 0 Å². The standard InChI is InChI=1S/C50H98N2O5S/c1-7-9-11-13-15-17-19-21-23-25-26-28-30-32-34-36-38-40-47(44-52-48(53)56-45-50(4,5)57-43-41-46(3)55-6)58-49(54)51-42-39-37-35-33-31-29-27-24-22-20-18-16-14-12-10-8-2/h41,47H,7-40,42-45H2,1-6H3,(H,51,54)(H,52,53)/b46-41-. The summed E-state index contributed by atoms with van der Waals surface area (Å²) in [7, 11) is 1.63. The quantitative estimate of drug-likeness (QED) is 0.0470. The largest absolute Gasteiger partial charge is 0.502 e. The predicted molar refractivity (Wildman–Crippen MR) is 253 cm³/mol. The zero-order valence-electron chi connectivity index (χ0n) is 39.5. The molecule has 0 spiro atoms. The van der Waals surface area contributed by atoms with Crippen LogP contribution < -0.4 is 10.6 Å². The van der Waals surface area contributed by atoms with Crippen LogP contribution in [0, 0.1) is 0 Å². The smallest absolute Gasteiger partial charge is 0.407 e. The molecule has 2 amide bonds. The number of ether oxygens (including phenoxy) is 3. The first kappa shape index (κ1) is 56.6.